The fourth-order valence-corrected chi connectivity index (χ4v) is 3.02. The van der Waals surface area contributed by atoms with Gasteiger partial charge in [-0.05, 0) is 6.42 Å². The number of aryl methyl sites for hydroxylation is 1. The molecular weight excluding hydrogens is 232 g/mol. The summed E-state index contributed by atoms with van der Waals surface area (Å²) in [7, 11) is 0. The summed E-state index contributed by atoms with van der Waals surface area (Å²) in [5.74, 6) is 0. The first-order valence-corrected chi connectivity index (χ1v) is 6.90. The molecule has 90 valence electrons. The number of nitrogens with zero attached hydrogens (tertiary/aromatic N) is 3. The molecule has 2 aromatic rings. The summed E-state index contributed by atoms with van der Waals surface area (Å²) in [5.41, 5.74) is 3.97. The number of thiazole rings is 1. The van der Waals surface area contributed by atoms with Crippen LogP contribution in [-0.2, 0) is 25.9 Å². The second kappa shape index (κ2) is 4.58. The molecule has 2 aromatic heterocycles. The molecule has 5 heteroatoms. The molecule has 3 heterocycles. The van der Waals surface area contributed by atoms with Crippen molar-refractivity contribution in [3.63, 3.8) is 0 Å². The molecular formula is C12H16N4S. The summed E-state index contributed by atoms with van der Waals surface area (Å²) in [5, 5.41) is 10.8. The molecule has 0 atom stereocenters. The summed E-state index contributed by atoms with van der Waals surface area (Å²) >= 11 is 1.73. The Kier molecular flexibility index (Phi) is 2.94. The zero-order chi connectivity index (χ0) is 11.7. The number of nitrogens with one attached hydrogen (secondary N) is 1. The number of H-pyrrole nitrogens is 1. The van der Waals surface area contributed by atoms with Crippen LogP contribution in [0.15, 0.2) is 11.6 Å². The number of aromatic nitrogens is 3. The van der Waals surface area contributed by atoms with Crippen LogP contribution < -0.4 is 0 Å². The summed E-state index contributed by atoms with van der Waals surface area (Å²) in [6.45, 7) is 5.23. The van der Waals surface area contributed by atoms with E-state index in [0.717, 1.165) is 32.5 Å². The van der Waals surface area contributed by atoms with Gasteiger partial charge in [-0.2, -0.15) is 5.10 Å². The summed E-state index contributed by atoms with van der Waals surface area (Å²) in [6, 6.07) is 0. The molecule has 0 aromatic carbocycles. The highest BCUT2D eigenvalue weighted by Gasteiger charge is 2.21. The number of hydrogen-bond acceptors (Lipinski definition) is 4. The SMILES string of the molecule is CCc1n[nH]c2c1CN(Cc1nccs1)CC2. The lowest BCUT2D eigenvalue weighted by Gasteiger charge is -2.25. The van der Waals surface area contributed by atoms with Crippen molar-refractivity contribution in [1.29, 1.82) is 0 Å². The smallest absolute Gasteiger partial charge is 0.107 e. The third-order valence-corrected chi connectivity index (χ3v) is 4.04. The van der Waals surface area contributed by atoms with E-state index in [1.165, 1.54) is 22.0 Å². The first-order valence-electron chi connectivity index (χ1n) is 6.02. The standard InChI is InChI=1S/C12H16N4S/c1-2-10-9-7-16(5-3-11(9)15-14-10)8-12-13-4-6-17-12/h4,6H,2-3,5,7-8H2,1H3,(H,14,15). The van der Waals surface area contributed by atoms with E-state index in [1.807, 2.05) is 11.6 Å². The van der Waals surface area contributed by atoms with Crippen LogP contribution in [0.4, 0.5) is 0 Å². The van der Waals surface area contributed by atoms with Crippen molar-refractivity contribution in [1.82, 2.24) is 20.1 Å². The first kappa shape index (κ1) is 10.9. The maximum atomic E-state index is 4.38. The maximum Gasteiger partial charge on any atom is 0.107 e. The second-order valence-electron chi connectivity index (χ2n) is 4.37. The maximum absolute atomic E-state index is 4.38. The van der Waals surface area contributed by atoms with Crippen LogP contribution in [0.1, 0.15) is 28.9 Å². The average molecular weight is 248 g/mol. The Bertz CT molecular complexity index is 475. The van der Waals surface area contributed by atoms with Crippen LogP contribution in [0.3, 0.4) is 0 Å². The third-order valence-electron chi connectivity index (χ3n) is 3.28. The lowest BCUT2D eigenvalue weighted by atomic mass is 10.0. The van der Waals surface area contributed by atoms with Gasteiger partial charge in [0.25, 0.3) is 0 Å². The van der Waals surface area contributed by atoms with Crippen LogP contribution in [0, 0.1) is 0 Å². The molecule has 0 unspecified atom stereocenters. The lowest BCUT2D eigenvalue weighted by Crippen LogP contribution is -2.30. The molecule has 1 N–H and O–H groups in total. The van der Waals surface area contributed by atoms with E-state index in [9.17, 15) is 0 Å². The van der Waals surface area contributed by atoms with Gasteiger partial charge in [-0.3, -0.25) is 10.00 Å². The third kappa shape index (κ3) is 2.12. The molecule has 0 radical (unpaired) electrons. The highest BCUT2D eigenvalue weighted by Crippen LogP contribution is 2.22. The van der Waals surface area contributed by atoms with E-state index in [1.54, 1.807) is 11.3 Å². The molecule has 0 spiro atoms. The van der Waals surface area contributed by atoms with Gasteiger partial charge in [0.2, 0.25) is 0 Å². The monoisotopic (exact) mass is 248 g/mol. The minimum atomic E-state index is 0.964. The molecule has 1 aliphatic heterocycles. The van der Waals surface area contributed by atoms with Gasteiger partial charge < -0.3 is 0 Å². The number of aromatic amines is 1. The van der Waals surface area contributed by atoms with Crippen LogP contribution in [0.5, 0.6) is 0 Å². The normalized spacial score (nSPS) is 16.1. The van der Waals surface area contributed by atoms with Gasteiger partial charge in [0.15, 0.2) is 0 Å². The first-order chi connectivity index (χ1) is 8.36. The Morgan fingerprint density at radius 2 is 2.47 bits per heavy atom. The molecule has 3 rings (SSSR count). The Morgan fingerprint density at radius 1 is 1.53 bits per heavy atom. The molecule has 0 saturated carbocycles. The van der Waals surface area contributed by atoms with Crippen molar-refractivity contribution in [2.24, 2.45) is 0 Å². The van der Waals surface area contributed by atoms with Crippen molar-refractivity contribution in [3.8, 4) is 0 Å². The average Bonchev–Trinajstić information content (AvgIpc) is 2.97. The zero-order valence-corrected chi connectivity index (χ0v) is 10.8. The number of rotatable bonds is 3. The van der Waals surface area contributed by atoms with Crippen LogP contribution in [-0.4, -0.2) is 26.6 Å². The van der Waals surface area contributed by atoms with E-state index in [4.69, 9.17) is 0 Å². The van der Waals surface area contributed by atoms with Gasteiger partial charge in [-0.1, -0.05) is 6.92 Å². The van der Waals surface area contributed by atoms with Gasteiger partial charge in [0, 0.05) is 42.3 Å². The van der Waals surface area contributed by atoms with Crippen molar-refractivity contribution < 1.29 is 0 Å². The van der Waals surface area contributed by atoms with Crippen molar-refractivity contribution in [3.05, 3.63) is 33.5 Å². The molecule has 0 saturated heterocycles. The second-order valence-corrected chi connectivity index (χ2v) is 5.35. The Morgan fingerprint density at radius 3 is 3.24 bits per heavy atom. The van der Waals surface area contributed by atoms with Crippen LogP contribution >= 0.6 is 11.3 Å². The van der Waals surface area contributed by atoms with Crippen molar-refractivity contribution in [2.45, 2.75) is 32.9 Å². The zero-order valence-electron chi connectivity index (χ0n) is 9.94. The van der Waals surface area contributed by atoms with E-state index >= 15 is 0 Å². The molecule has 0 bridgehead atoms. The van der Waals surface area contributed by atoms with E-state index in [0.29, 0.717) is 0 Å². The van der Waals surface area contributed by atoms with Gasteiger partial charge in [-0.15, -0.1) is 11.3 Å². The summed E-state index contributed by atoms with van der Waals surface area (Å²) in [4.78, 5) is 6.80. The van der Waals surface area contributed by atoms with Gasteiger partial charge in [-0.25, -0.2) is 4.98 Å². The highest BCUT2D eigenvalue weighted by atomic mass is 32.1. The topological polar surface area (TPSA) is 44.8 Å². The molecule has 1 aliphatic rings. The van der Waals surface area contributed by atoms with Gasteiger partial charge >= 0.3 is 0 Å². The van der Waals surface area contributed by atoms with E-state index in [2.05, 4.69) is 27.0 Å². The predicted octanol–water partition coefficient (Wildman–Crippen LogP) is 1.99. The minimum absolute atomic E-state index is 0.964. The molecule has 0 amide bonds. The fourth-order valence-electron chi connectivity index (χ4n) is 2.36. The largest absolute Gasteiger partial charge is 0.292 e. The van der Waals surface area contributed by atoms with Crippen molar-refractivity contribution >= 4 is 11.3 Å². The predicted molar refractivity (Wildman–Crippen MR) is 67.9 cm³/mol. The van der Waals surface area contributed by atoms with E-state index < -0.39 is 0 Å². The van der Waals surface area contributed by atoms with Crippen LogP contribution in [0.25, 0.3) is 0 Å². The van der Waals surface area contributed by atoms with Crippen molar-refractivity contribution in [2.75, 3.05) is 6.54 Å². The Hall–Kier alpha value is -1.20. The lowest BCUT2D eigenvalue weighted by molar-refractivity contribution is 0.243. The molecule has 0 fully saturated rings. The van der Waals surface area contributed by atoms with E-state index in [-0.39, 0.29) is 0 Å². The summed E-state index contributed by atoms with van der Waals surface area (Å²) in [6.07, 6.45) is 3.97. The number of fused-ring (bicyclic) bond motifs is 1. The Balaban J connectivity index is 1.75. The molecule has 0 aliphatic carbocycles. The summed E-state index contributed by atoms with van der Waals surface area (Å²) < 4.78 is 0. The minimum Gasteiger partial charge on any atom is -0.292 e. The fraction of sp³-hybridized carbons (Fsp3) is 0.500. The van der Waals surface area contributed by atoms with Gasteiger partial charge in [0.05, 0.1) is 12.2 Å². The highest BCUT2D eigenvalue weighted by molar-refractivity contribution is 7.09. The quantitative estimate of drug-likeness (QED) is 0.903. The molecule has 17 heavy (non-hydrogen) atoms. The Labute approximate surface area is 105 Å². The number of hydrogen-bond donors (Lipinski definition) is 1. The molecule has 4 nitrogen and oxygen atoms in total. The van der Waals surface area contributed by atoms with Crippen LogP contribution in [0.2, 0.25) is 0 Å². The van der Waals surface area contributed by atoms with Gasteiger partial charge in [0.1, 0.15) is 5.01 Å².